The van der Waals surface area contributed by atoms with Gasteiger partial charge in [-0.05, 0) is 18.4 Å². The van der Waals surface area contributed by atoms with Crippen LogP contribution in [0.3, 0.4) is 0 Å². The van der Waals surface area contributed by atoms with E-state index in [4.69, 9.17) is 5.11 Å². The molecule has 2 N–H and O–H groups in total. The number of benzene rings is 1. The van der Waals surface area contributed by atoms with Gasteiger partial charge in [-0.15, -0.1) is 0 Å². The van der Waals surface area contributed by atoms with Gasteiger partial charge in [0.2, 0.25) is 0 Å². The second kappa shape index (κ2) is 3.77. The number of carboxylic acid groups (broad SMARTS) is 1. The van der Waals surface area contributed by atoms with Gasteiger partial charge in [-0.25, -0.2) is 4.79 Å². The van der Waals surface area contributed by atoms with E-state index in [0.717, 1.165) is 18.4 Å². The second-order valence-electron chi connectivity index (χ2n) is 3.76. The minimum absolute atomic E-state index is 0.451. The Labute approximate surface area is 88.4 Å². The van der Waals surface area contributed by atoms with Crippen LogP contribution in [0.4, 0.5) is 4.79 Å². The summed E-state index contributed by atoms with van der Waals surface area (Å²) in [5.41, 5.74) is 0.574. The molecular formula is C12H13NO2. The van der Waals surface area contributed by atoms with E-state index >= 15 is 0 Å². The lowest BCUT2D eigenvalue weighted by molar-refractivity contribution is 0.178. The van der Waals surface area contributed by atoms with E-state index in [2.05, 4.69) is 5.32 Å². The molecule has 78 valence electrons. The van der Waals surface area contributed by atoms with Gasteiger partial charge in [-0.3, -0.25) is 0 Å². The molecular weight excluding hydrogens is 190 g/mol. The fourth-order valence-corrected chi connectivity index (χ4v) is 2.02. The summed E-state index contributed by atoms with van der Waals surface area (Å²) < 4.78 is 0. The predicted molar refractivity (Wildman–Crippen MR) is 57.7 cm³/mol. The van der Waals surface area contributed by atoms with Crippen molar-refractivity contribution in [2.24, 2.45) is 0 Å². The van der Waals surface area contributed by atoms with Crippen molar-refractivity contribution in [2.45, 2.75) is 18.4 Å². The molecule has 0 atom stereocenters. The summed E-state index contributed by atoms with van der Waals surface area (Å²) in [5, 5.41) is 11.5. The van der Waals surface area contributed by atoms with Crippen molar-refractivity contribution in [3.8, 4) is 0 Å². The monoisotopic (exact) mass is 203 g/mol. The SMILES string of the molecule is O=C(O)NC1(c2ccccc2)CC=CC1. The molecule has 0 aromatic heterocycles. The minimum atomic E-state index is -0.970. The number of amides is 1. The van der Waals surface area contributed by atoms with Gasteiger partial charge in [0, 0.05) is 0 Å². The second-order valence-corrected chi connectivity index (χ2v) is 3.76. The molecule has 0 bridgehead atoms. The van der Waals surface area contributed by atoms with Gasteiger partial charge in [-0.2, -0.15) is 0 Å². The van der Waals surface area contributed by atoms with E-state index in [1.165, 1.54) is 0 Å². The molecule has 1 aliphatic rings. The summed E-state index contributed by atoms with van der Waals surface area (Å²) in [6.45, 7) is 0. The Morgan fingerprint density at radius 3 is 2.33 bits per heavy atom. The third-order valence-corrected chi connectivity index (χ3v) is 2.77. The largest absolute Gasteiger partial charge is 0.465 e. The highest BCUT2D eigenvalue weighted by Gasteiger charge is 2.34. The summed E-state index contributed by atoms with van der Waals surface area (Å²) in [6.07, 6.45) is 4.51. The van der Waals surface area contributed by atoms with Crippen LogP contribution in [-0.2, 0) is 5.54 Å². The average molecular weight is 203 g/mol. The number of hydrogen-bond acceptors (Lipinski definition) is 1. The van der Waals surface area contributed by atoms with Gasteiger partial charge >= 0.3 is 6.09 Å². The van der Waals surface area contributed by atoms with Crippen LogP contribution in [0.15, 0.2) is 42.5 Å². The van der Waals surface area contributed by atoms with Crippen molar-refractivity contribution in [1.29, 1.82) is 0 Å². The summed E-state index contributed by atoms with van der Waals surface area (Å²) >= 11 is 0. The highest BCUT2D eigenvalue weighted by atomic mass is 16.4. The summed E-state index contributed by atoms with van der Waals surface area (Å²) in [4.78, 5) is 10.8. The Morgan fingerprint density at radius 1 is 1.20 bits per heavy atom. The van der Waals surface area contributed by atoms with Crippen LogP contribution in [0.1, 0.15) is 18.4 Å². The Balaban J connectivity index is 2.31. The van der Waals surface area contributed by atoms with Crippen LogP contribution < -0.4 is 5.32 Å². The van der Waals surface area contributed by atoms with Gasteiger partial charge in [0.1, 0.15) is 0 Å². The Morgan fingerprint density at radius 2 is 1.80 bits per heavy atom. The molecule has 0 fully saturated rings. The van der Waals surface area contributed by atoms with E-state index in [9.17, 15) is 4.79 Å². The van der Waals surface area contributed by atoms with Crippen molar-refractivity contribution in [2.75, 3.05) is 0 Å². The van der Waals surface area contributed by atoms with E-state index in [0.29, 0.717) is 0 Å². The maximum atomic E-state index is 10.8. The first-order valence-electron chi connectivity index (χ1n) is 4.95. The number of rotatable bonds is 2. The quantitative estimate of drug-likeness (QED) is 0.725. The smallest absolute Gasteiger partial charge is 0.405 e. The van der Waals surface area contributed by atoms with Crippen LogP contribution in [0, 0.1) is 0 Å². The van der Waals surface area contributed by atoms with Crippen molar-refractivity contribution >= 4 is 6.09 Å². The fraction of sp³-hybridized carbons (Fsp3) is 0.250. The number of carbonyl (C=O) groups is 1. The first-order valence-corrected chi connectivity index (χ1v) is 4.95. The van der Waals surface area contributed by atoms with Crippen LogP contribution in [-0.4, -0.2) is 11.2 Å². The van der Waals surface area contributed by atoms with Crippen molar-refractivity contribution < 1.29 is 9.90 Å². The normalized spacial score (nSPS) is 17.6. The molecule has 0 spiro atoms. The van der Waals surface area contributed by atoms with E-state index < -0.39 is 11.6 Å². The molecule has 0 saturated heterocycles. The Hall–Kier alpha value is -1.77. The topological polar surface area (TPSA) is 49.3 Å². The molecule has 0 unspecified atom stereocenters. The molecule has 1 amide bonds. The molecule has 1 aromatic rings. The maximum Gasteiger partial charge on any atom is 0.405 e. The van der Waals surface area contributed by atoms with Gasteiger partial charge < -0.3 is 10.4 Å². The van der Waals surface area contributed by atoms with Crippen LogP contribution in [0.25, 0.3) is 0 Å². The molecule has 1 aliphatic carbocycles. The van der Waals surface area contributed by atoms with Crippen LogP contribution in [0.2, 0.25) is 0 Å². The third-order valence-electron chi connectivity index (χ3n) is 2.77. The van der Waals surface area contributed by atoms with Gasteiger partial charge in [0.05, 0.1) is 5.54 Å². The third kappa shape index (κ3) is 1.86. The minimum Gasteiger partial charge on any atom is -0.465 e. The molecule has 3 heteroatoms. The Bertz CT molecular complexity index is 376. The molecule has 15 heavy (non-hydrogen) atoms. The zero-order valence-electron chi connectivity index (χ0n) is 8.31. The Kier molecular flexibility index (Phi) is 2.46. The van der Waals surface area contributed by atoms with E-state index in [1.807, 2.05) is 42.5 Å². The highest BCUT2D eigenvalue weighted by Crippen LogP contribution is 2.34. The maximum absolute atomic E-state index is 10.8. The highest BCUT2D eigenvalue weighted by molar-refractivity contribution is 5.66. The zero-order valence-corrected chi connectivity index (χ0v) is 8.31. The van der Waals surface area contributed by atoms with Gasteiger partial charge in [-0.1, -0.05) is 42.5 Å². The summed E-state index contributed by atoms with van der Waals surface area (Å²) in [6, 6.07) is 9.71. The van der Waals surface area contributed by atoms with Crippen LogP contribution >= 0.6 is 0 Å². The molecule has 0 radical (unpaired) electrons. The summed E-state index contributed by atoms with van der Waals surface area (Å²) in [5.74, 6) is 0. The fourth-order valence-electron chi connectivity index (χ4n) is 2.02. The van der Waals surface area contributed by atoms with Gasteiger partial charge in [0.25, 0.3) is 0 Å². The molecule has 1 aromatic carbocycles. The van der Waals surface area contributed by atoms with Gasteiger partial charge in [0.15, 0.2) is 0 Å². The lowest BCUT2D eigenvalue weighted by Crippen LogP contribution is -2.43. The lowest BCUT2D eigenvalue weighted by atomic mass is 9.87. The molecule has 0 heterocycles. The molecule has 0 saturated carbocycles. The van der Waals surface area contributed by atoms with Crippen molar-refractivity contribution in [3.05, 3.63) is 48.0 Å². The predicted octanol–water partition coefficient (Wildman–Crippen LogP) is 2.50. The first-order chi connectivity index (χ1) is 7.23. The molecule has 3 nitrogen and oxygen atoms in total. The molecule has 2 rings (SSSR count). The van der Waals surface area contributed by atoms with E-state index in [-0.39, 0.29) is 0 Å². The average Bonchev–Trinajstić information content (AvgIpc) is 2.68. The first kappa shape index (κ1) is 9.77. The standard InChI is InChI=1S/C12H13NO2/c14-11(15)13-12(8-4-5-9-12)10-6-2-1-3-7-10/h1-7,13H,8-9H2,(H,14,15). The lowest BCUT2D eigenvalue weighted by Gasteiger charge is -2.29. The summed E-state index contributed by atoms with van der Waals surface area (Å²) in [7, 11) is 0. The van der Waals surface area contributed by atoms with Crippen molar-refractivity contribution in [3.63, 3.8) is 0 Å². The number of hydrogen-bond donors (Lipinski definition) is 2. The number of nitrogens with one attached hydrogen (secondary N) is 1. The van der Waals surface area contributed by atoms with Crippen LogP contribution in [0.5, 0.6) is 0 Å². The van der Waals surface area contributed by atoms with E-state index in [1.54, 1.807) is 0 Å². The molecule has 0 aliphatic heterocycles. The van der Waals surface area contributed by atoms with Crippen molar-refractivity contribution in [1.82, 2.24) is 5.32 Å². The zero-order chi connectivity index (χ0) is 10.7.